The van der Waals surface area contributed by atoms with Crippen molar-refractivity contribution in [3.05, 3.63) is 88.1 Å². The minimum absolute atomic E-state index is 0.0407. The minimum atomic E-state index is -0.533. The third kappa shape index (κ3) is 4.29. The lowest BCUT2D eigenvalue weighted by Crippen LogP contribution is -2.33. The molecule has 4 N–H and O–H groups in total. The van der Waals surface area contributed by atoms with Crippen molar-refractivity contribution in [2.24, 2.45) is 5.73 Å². The molecule has 0 bridgehead atoms. The van der Waals surface area contributed by atoms with Gasteiger partial charge in [-0.05, 0) is 29.1 Å². The first kappa shape index (κ1) is 17.7. The SMILES string of the molecule is NC(=O)c1ccccc1NCC(=O)N[C@@H](c1ccccc1)c1cccs1. The van der Waals surface area contributed by atoms with Crippen molar-refractivity contribution < 1.29 is 9.59 Å². The molecule has 26 heavy (non-hydrogen) atoms. The molecule has 0 aliphatic rings. The molecule has 0 unspecified atom stereocenters. The van der Waals surface area contributed by atoms with Crippen LogP contribution in [-0.4, -0.2) is 18.4 Å². The lowest BCUT2D eigenvalue weighted by Gasteiger charge is -2.19. The van der Waals surface area contributed by atoms with E-state index in [0.29, 0.717) is 11.3 Å². The summed E-state index contributed by atoms with van der Waals surface area (Å²) in [5, 5.41) is 8.02. The third-order valence-electron chi connectivity index (χ3n) is 3.90. The van der Waals surface area contributed by atoms with E-state index in [9.17, 15) is 9.59 Å². The van der Waals surface area contributed by atoms with Gasteiger partial charge in [0.05, 0.1) is 18.2 Å². The second kappa shape index (κ2) is 8.31. The van der Waals surface area contributed by atoms with Crippen molar-refractivity contribution in [1.29, 1.82) is 0 Å². The van der Waals surface area contributed by atoms with Crippen LogP contribution in [0.15, 0.2) is 72.1 Å². The first-order valence-electron chi connectivity index (χ1n) is 8.15. The Morgan fingerprint density at radius 2 is 1.69 bits per heavy atom. The highest BCUT2D eigenvalue weighted by molar-refractivity contribution is 7.10. The molecule has 3 rings (SSSR count). The van der Waals surface area contributed by atoms with Crippen LogP contribution in [0.1, 0.15) is 26.8 Å². The van der Waals surface area contributed by atoms with Crippen molar-refractivity contribution in [3.63, 3.8) is 0 Å². The molecular formula is C20H19N3O2S. The maximum Gasteiger partial charge on any atom is 0.250 e. The average Bonchev–Trinajstić information content (AvgIpc) is 3.19. The lowest BCUT2D eigenvalue weighted by atomic mass is 10.1. The van der Waals surface area contributed by atoms with Gasteiger partial charge in [0.15, 0.2) is 0 Å². The largest absolute Gasteiger partial charge is 0.376 e. The zero-order valence-electron chi connectivity index (χ0n) is 14.0. The maximum atomic E-state index is 12.5. The molecule has 0 saturated carbocycles. The number of carbonyl (C=O) groups excluding carboxylic acids is 2. The fourth-order valence-electron chi connectivity index (χ4n) is 2.66. The first-order valence-corrected chi connectivity index (χ1v) is 9.03. The van der Waals surface area contributed by atoms with Crippen LogP contribution in [0.5, 0.6) is 0 Å². The average molecular weight is 365 g/mol. The van der Waals surface area contributed by atoms with Crippen LogP contribution in [0.4, 0.5) is 5.69 Å². The number of carbonyl (C=O) groups is 2. The molecule has 0 aliphatic carbocycles. The van der Waals surface area contributed by atoms with Gasteiger partial charge in [0.1, 0.15) is 0 Å². The molecule has 5 nitrogen and oxygen atoms in total. The topological polar surface area (TPSA) is 84.2 Å². The van der Waals surface area contributed by atoms with Crippen LogP contribution >= 0.6 is 11.3 Å². The molecule has 1 aromatic heterocycles. The number of amides is 2. The van der Waals surface area contributed by atoms with Crippen molar-refractivity contribution in [3.8, 4) is 0 Å². The molecule has 0 spiro atoms. The van der Waals surface area contributed by atoms with E-state index in [-0.39, 0.29) is 18.5 Å². The number of benzene rings is 2. The van der Waals surface area contributed by atoms with Crippen LogP contribution in [-0.2, 0) is 4.79 Å². The molecule has 3 aromatic rings. The van der Waals surface area contributed by atoms with Gasteiger partial charge in [-0.15, -0.1) is 11.3 Å². The highest BCUT2D eigenvalue weighted by atomic mass is 32.1. The van der Waals surface area contributed by atoms with Crippen molar-refractivity contribution >= 4 is 28.8 Å². The summed E-state index contributed by atoms with van der Waals surface area (Å²) in [4.78, 5) is 25.0. The summed E-state index contributed by atoms with van der Waals surface area (Å²) >= 11 is 1.59. The smallest absolute Gasteiger partial charge is 0.250 e. The molecular weight excluding hydrogens is 346 g/mol. The second-order valence-corrected chi connectivity index (χ2v) is 6.67. The maximum absolute atomic E-state index is 12.5. The molecule has 1 atom stereocenters. The van der Waals surface area contributed by atoms with Crippen molar-refractivity contribution in [1.82, 2.24) is 5.32 Å². The number of thiophene rings is 1. The van der Waals surface area contributed by atoms with Gasteiger partial charge in [0.25, 0.3) is 5.91 Å². The summed E-state index contributed by atoms with van der Waals surface area (Å²) < 4.78 is 0. The van der Waals surface area contributed by atoms with Crippen LogP contribution in [0.3, 0.4) is 0 Å². The predicted molar refractivity (Wildman–Crippen MR) is 104 cm³/mol. The fourth-order valence-corrected chi connectivity index (χ4v) is 3.46. The van der Waals surface area contributed by atoms with Gasteiger partial charge in [0.2, 0.25) is 5.91 Å². The zero-order valence-corrected chi connectivity index (χ0v) is 14.8. The van der Waals surface area contributed by atoms with Gasteiger partial charge in [-0.3, -0.25) is 9.59 Å². The summed E-state index contributed by atoms with van der Waals surface area (Å²) in [6.07, 6.45) is 0. The van der Waals surface area contributed by atoms with E-state index in [1.54, 1.807) is 35.6 Å². The van der Waals surface area contributed by atoms with Gasteiger partial charge in [-0.2, -0.15) is 0 Å². The summed E-state index contributed by atoms with van der Waals surface area (Å²) in [7, 11) is 0. The minimum Gasteiger partial charge on any atom is -0.376 e. The van der Waals surface area contributed by atoms with Gasteiger partial charge in [-0.25, -0.2) is 0 Å². The molecule has 1 heterocycles. The van der Waals surface area contributed by atoms with Gasteiger partial charge < -0.3 is 16.4 Å². The van der Waals surface area contributed by atoms with Gasteiger partial charge in [0, 0.05) is 10.6 Å². The van der Waals surface area contributed by atoms with Crippen LogP contribution in [0.2, 0.25) is 0 Å². The van der Waals surface area contributed by atoms with E-state index in [2.05, 4.69) is 10.6 Å². The van der Waals surface area contributed by atoms with E-state index in [1.807, 2.05) is 47.8 Å². The first-order chi connectivity index (χ1) is 12.6. The van der Waals surface area contributed by atoms with Crippen LogP contribution < -0.4 is 16.4 Å². The summed E-state index contributed by atoms with van der Waals surface area (Å²) in [6.45, 7) is 0.0407. The Kier molecular flexibility index (Phi) is 5.66. The number of hydrogen-bond donors (Lipinski definition) is 3. The monoisotopic (exact) mass is 365 g/mol. The Balaban J connectivity index is 1.71. The quantitative estimate of drug-likeness (QED) is 0.601. The third-order valence-corrected chi connectivity index (χ3v) is 4.84. The molecule has 0 radical (unpaired) electrons. The number of para-hydroxylation sites is 1. The van der Waals surface area contributed by atoms with Crippen LogP contribution in [0.25, 0.3) is 0 Å². The number of hydrogen-bond acceptors (Lipinski definition) is 4. The van der Waals surface area contributed by atoms with E-state index < -0.39 is 5.91 Å². The number of nitrogens with two attached hydrogens (primary N) is 1. The van der Waals surface area contributed by atoms with E-state index in [4.69, 9.17) is 5.73 Å². The molecule has 2 aromatic carbocycles. The van der Waals surface area contributed by atoms with E-state index in [1.165, 1.54) is 0 Å². The Morgan fingerprint density at radius 3 is 2.38 bits per heavy atom. The number of anilines is 1. The van der Waals surface area contributed by atoms with E-state index >= 15 is 0 Å². The number of primary amides is 1. The highest BCUT2D eigenvalue weighted by Crippen LogP contribution is 2.25. The molecule has 6 heteroatoms. The standard InChI is InChI=1S/C20H19N3O2S/c21-20(25)15-9-4-5-10-16(15)22-13-18(24)23-19(17-11-6-12-26-17)14-7-2-1-3-8-14/h1-12,19,22H,13H2,(H2,21,25)(H,23,24)/t19-/m0/s1. The molecule has 0 fully saturated rings. The number of rotatable bonds is 7. The Bertz CT molecular complexity index is 879. The summed E-state index contributed by atoms with van der Waals surface area (Å²) in [5.41, 5.74) is 7.28. The fraction of sp³-hybridized carbons (Fsp3) is 0.100. The molecule has 0 aliphatic heterocycles. The lowest BCUT2D eigenvalue weighted by molar-refractivity contribution is -0.119. The summed E-state index contributed by atoms with van der Waals surface area (Å²) in [5.74, 6) is -0.708. The van der Waals surface area contributed by atoms with E-state index in [0.717, 1.165) is 10.4 Å². The zero-order chi connectivity index (χ0) is 18.4. The Morgan fingerprint density at radius 1 is 0.962 bits per heavy atom. The van der Waals surface area contributed by atoms with Crippen LogP contribution in [0, 0.1) is 0 Å². The van der Waals surface area contributed by atoms with Crippen molar-refractivity contribution in [2.45, 2.75) is 6.04 Å². The van der Waals surface area contributed by atoms with Gasteiger partial charge in [-0.1, -0.05) is 48.5 Å². The Labute approximate surface area is 155 Å². The number of nitrogens with one attached hydrogen (secondary N) is 2. The molecule has 2 amide bonds. The van der Waals surface area contributed by atoms with Gasteiger partial charge >= 0.3 is 0 Å². The highest BCUT2D eigenvalue weighted by Gasteiger charge is 2.18. The molecule has 0 saturated heterocycles. The normalized spacial score (nSPS) is 11.5. The Hall–Kier alpha value is -3.12. The second-order valence-electron chi connectivity index (χ2n) is 5.69. The summed E-state index contributed by atoms with van der Waals surface area (Å²) in [6, 6.07) is 20.4. The predicted octanol–water partition coefficient (Wildman–Crippen LogP) is 3.16. The van der Waals surface area contributed by atoms with Crippen molar-refractivity contribution in [2.75, 3.05) is 11.9 Å². The molecule has 132 valence electrons.